The monoisotopic (exact) mass is 315 g/mol. The molecule has 1 aromatic carbocycles. The van der Waals surface area contributed by atoms with Crippen LogP contribution in [0.5, 0.6) is 0 Å². The Morgan fingerprint density at radius 3 is 2.94 bits per heavy atom. The minimum absolute atomic E-state index is 0.133. The van der Waals surface area contributed by atoms with Crippen molar-refractivity contribution in [3.63, 3.8) is 0 Å². The quantitative estimate of drug-likeness (QED) is 0.918. The highest BCUT2D eigenvalue weighted by atomic mass is 79.9. The van der Waals surface area contributed by atoms with Crippen molar-refractivity contribution in [2.45, 2.75) is 0 Å². The second-order valence-corrected chi connectivity index (χ2v) is 4.50. The van der Waals surface area contributed by atoms with Crippen molar-refractivity contribution in [2.24, 2.45) is 7.05 Å². The van der Waals surface area contributed by atoms with Gasteiger partial charge in [-0.25, -0.2) is 0 Å². The van der Waals surface area contributed by atoms with Gasteiger partial charge in [0.25, 0.3) is 11.9 Å². The summed E-state index contributed by atoms with van der Waals surface area (Å²) in [5.41, 5.74) is 0.341. The van der Waals surface area contributed by atoms with Gasteiger partial charge in [-0.05, 0) is 23.4 Å². The van der Waals surface area contributed by atoms with Crippen molar-refractivity contribution in [3.05, 3.63) is 33.3 Å². The van der Waals surface area contributed by atoms with Crippen LogP contribution in [0.2, 0.25) is 5.02 Å². The first kappa shape index (κ1) is 12.0. The molecule has 0 atom stereocenters. The van der Waals surface area contributed by atoms with E-state index in [4.69, 9.17) is 11.6 Å². The summed E-state index contributed by atoms with van der Waals surface area (Å²) in [6.07, 6.45) is 0. The smallest absolute Gasteiger partial charge is 0.270 e. The van der Waals surface area contributed by atoms with Gasteiger partial charge in [-0.2, -0.15) is 4.80 Å². The molecule has 88 valence electrons. The third-order valence-corrected chi connectivity index (χ3v) is 2.73. The third-order valence-electron chi connectivity index (χ3n) is 1.91. The number of aryl methyl sites for hydroxylation is 1. The summed E-state index contributed by atoms with van der Waals surface area (Å²) < 4.78 is 0.763. The molecule has 2 rings (SSSR count). The van der Waals surface area contributed by atoms with Gasteiger partial charge in [0.05, 0.1) is 17.6 Å². The third kappa shape index (κ3) is 2.80. The Bertz CT molecular complexity index is 570. The van der Waals surface area contributed by atoms with Gasteiger partial charge >= 0.3 is 0 Å². The second kappa shape index (κ2) is 4.80. The van der Waals surface area contributed by atoms with Gasteiger partial charge in [-0.1, -0.05) is 32.6 Å². The molecule has 0 aliphatic rings. The Kier molecular flexibility index (Phi) is 3.39. The summed E-state index contributed by atoms with van der Waals surface area (Å²) in [6.45, 7) is 0. The summed E-state index contributed by atoms with van der Waals surface area (Å²) in [5.74, 6) is -0.252. The van der Waals surface area contributed by atoms with Gasteiger partial charge in [0.15, 0.2) is 0 Å². The average Bonchev–Trinajstić information content (AvgIpc) is 2.67. The summed E-state index contributed by atoms with van der Waals surface area (Å²) in [5, 5.41) is 13.9. The van der Waals surface area contributed by atoms with Crippen molar-refractivity contribution < 1.29 is 4.79 Å². The number of carbonyl (C=O) groups excluding carboxylic acids is 1. The lowest BCUT2D eigenvalue weighted by Gasteiger charge is -2.03. The molecule has 0 saturated heterocycles. The molecule has 0 saturated carbocycles. The molecule has 17 heavy (non-hydrogen) atoms. The largest absolute Gasteiger partial charge is 0.288 e. The fourth-order valence-corrected chi connectivity index (χ4v) is 1.74. The van der Waals surface area contributed by atoms with E-state index in [9.17, 15) is 4.79 Å². The Morgan fingerprint density at radius 2 is 2.29 bits per heavy atom. The first-order chi connectivity index (χ1) is 8.06. The number of hydrogen-bond acceptors (Lipinski definition) is 4. The van der Waals surface area contributed by atoms with E-state index in [1.165, 1.54) is 4.80 Å². The van der Waals surface area contributed by atoms with Crippen molar-refractivity contribution in [1.29, 1.82) is 0 Å². The zero-order valence-electron chi connectivity index (χ0n) is 8.69. The Balaban J connectivity index is 2.22. The van der Waals surface area contributed by atoms with E-state index in [0.717, 1.165) is 4.47 Å². The molecule has 0 aliphatic heterocycles. The van der Waals surface area contributed by atoms with Crippen molar-refractivity contribution >= 4 is 39.4 Å². The standard InChI is InChI=1S/C9H7BrClN5O/c1-16-14-9(13-15-16)12-8(17)6-4-5(10)2-3-7(6)11/h2-4H,1H3,(H,12,14,17). The highest BCUT2D eigenvalue weighted by molar-refractivity contribution is 9.10. The van der Waals surface area contributed by atoms with E-state index >= 15 is 0 Å². The molecule has 1 N–H and O–H groups in total. The Morgan fingerprint density at radius 1 is 1.53 bits per heavy atom. The number of nitrogens with one attached hydrogen (secondary N) is 1. The number of benzene rings is 1. The van der Waals surface area contributed by atoms with E-state index in [2.05, 4.69) is 36.7 Å². The predicted octanol–water partition coefficient (Wildman–Crippen LogP) is 1.88. The minimum atomic E-state index is -0.385. The number of anilines is 1. The van der Waals surface area contributed by atoms with E-state index in [1.54, 1.807) is 25.2 Å². The summed E-state index contributed by atoms with van der Waals surface area (Å²) in [4.78, 5) is 13.1. The lowest BCUT2D eigenvalue weighted by molar-refractivity contribution is 0.102. The zero-order chi connectivity index (χ0) is 12.4. The second-order valence-electron chi connectivity index (χ2n) is 3.18. The van der Waals surface area contributed by atoms with Crippen LogP contribution in [0.15, 0.2) is 22.7 Å². The van der Waals surface area contributed by atoms with E-state index in [1.807, 2.05) is 0 Å². The van der Waals surface area contributed by atoms with Crippen molar-refractivity contribution in [2.75, 3.05) is 5.32 Å². The summed E-state index contributed by atoms with van der Waals surface area (Å²) >= 11 is 9.19. The molecular weight excluding hydrogens is 309 g/mol. The van der Waals surface area contributed by atoms with Crippen LogP contribution in [0.4, 0.5) is 5.95 Å². The van der Waals surface area contributed by atoms with Gasteiger partial charge < -0.3 is 0 Å². The molecular formula is C9H7BrClN5O. The van der Waals surface area contributed by atoms with Crippen LogP contribution in [-0.4, -0.2) is 26.1 Å². The number of halogens is 2. The molecule has 0 unspecified atom stereocenters. The fourth-order valence-electron chi connectivity index (χ4n) is 1.17. The normalized spacial score (nSPS) is 10.3. The van der Waals surface area contributed by atoms with Crippen LogP contribution in [0.25, 0.3) is 0 Å². The predicted molar refractivity (Wildman–Crippen MR) is 65.9 cm³/mol. The number of carbonyl (C=O) groups is 1. The molecule has 2 aromatic rings. The van der Waals surface area contributed by atoms with Crippen molar-refractivity contribution in [1.82, 2.24) is 20.2 Å². The average molecular weight is 317 g/mol. The molecule has 0 fully saturated rings. The molecule has 0 bridgehead atoms. The first-order valence-corrected chi connectivity index (χ1v) is 5.74. The number of tetrazole rings is 1. The van der Waals surface area contributed by atoms with Crippen LogP contribution >= 0.6 is 27.5 Å². The van der Waals surface area contributed by atoms with E-state index in [0.29, 0.717) is 10.6 Å². The van der Waals surface area contributed by atoms with Crippen LogP contribution in [-0.2, 0) is 7.05 Å². The molecule has 0 radical (unpaired) electrons. The van der Waals surface area contributed by atoms with E-state index < -0.39 is 0 Å². The molecule has 1 amide bonds. The number of nitrogens with zero attached hydrogens (tertiary/aromatic N) is 4. The lowest BCUT2D eigenvalue weighted by atomic mass is 10.2. The molecule has 1 heterocycles. The Labute approximate surface area is 110 Å². The minimum Gasteiger partial charge on any atom is -0.288 e. The maximum absolute atomic E-state index is 11.9. The molecule has 0 spiro atoms. The first-order valence-electron chi connectivity index (χ1n) is 4.56. The van der Waals surface area contributed by atoms with Crippen LogP contribution in [0.3, 0.4) is 0 Å². The Hall–Kier alpha value is -1.47. The molecule has 8 heteroatoms. The number of hydrogen-bond donors (Lipinski definition) is 1. The highest BCUT2D eigenvalue weighted by Crippen LogP contribution is 2.21. The van der Waals surface area contributed by atoms with E-state index in [-0.39, 0.29) is 11.9 Å². The van der Waals surface area contributed by atoms with Gasteiger partial charge in [0.2, 0.25) is 0 Å². The van der Waals surface area contributed by atoms with Crippen LogP contribution in [0.1, 0.15) is 10.4 Å². The summed E-state index contributed by atoms with van der Waals surface area (Å²) in [6, 6.07) is 5.00. The SMILES string of the molecule is Cn1nnc(NC(=O)c2cc(Br)ccc2Cl)n1. The van der Waals surface area contributed by atoms with Gasteiger partial charge in [-0.15, -0.1) is 5.10 Å². The maximum Gasteiger partial charge on any atom is 0.270 e. The molecule has 1 aromatic heterocycles. The van der Waals surface area contributed by atoms with Crippen LogP contribution < -0.4 is 5.32 Å². The lowest BCUT2D eigenvalue weighted by Crippen LogP contribution is -2.13. The summed E-state index contributed by atoms with van der Waals surface area (Å²) in [7, 11) is 1.61. The fraction of sp³-hybridized carbons (Fsp3) is 0.111. The number of rotatable bonds is 2. The topological polar surface area (TPSA) is 72.7 Å². The molecule has 6 nitrogen and oxygen atoms in total. The number of aromatic nitrogens is 4. The van der Waals surface area contributed by atoms with Crippen molar-refractivity contribution in [3.8, 4) is 0 Å². The zero-order valence-corrected chi connectivity index (χ0v) is 11.0. The van der Waals surface area contributed by atoms with Gasteiger partial charge in [0, 0.05) is 4.47 Å². The van der Waals surface area contributed by atoms with Gasteiger partial charge in [-0.3, -0.25) is 10.1 Å². The highest BCUT2D eigenvalue weighted by Gasteiger charge is 2.13. The maximum atomic E-state index is 11.9. The van der Waals surface area contributed by atoms with Gasteiger partial charge in [0.1, 0.15) is 0 Å². The molecule has 0 aliphatic carbocycles. The number of amides is 1. The van der Waals surface area contributed by atoms with Crippen LogP contribution in [0, 0.1) is 0 Å².